The van der Waals surface area contributed by atoms with Crippen LogP contribution in [0.1, 0.15) is 0 Å². The Morgan fingerprint density at radius 3 is 1.95 bits per heavy atom. The molecule has 0 bridgehead atoms. The summed E-state index contributed by atoms with van der Waals surface area (Å²) in [6.45, 7) is 0.154. The van der Waals surface area contributed by atoms with E-state index in [0.29, 0.717) is 0 Å². The molecule has 4 heteroatoms. The molecular weight excluding hydrogens is 506 g/mol. The van der Waals surface area contributed by atoms with E-state index in [4.69, 9.17) is 13.9 Å². The summed E-state index contributed by atoms with van der Waals surface area (Å²) in [6.07, 6.45) is 0. The van der Waals surface area contributed by atoms with Gasteiger partial charge in [0.2, 0.25) is 6.79 Å². The molecule has 6 aromatic carbocycles. The van der Waals surface area contributed by atoms with E-state index in [1.54, 1.807) is 0 Å². The van der Waals surface area contributed by atoms with Gasteiger partial charge in [-0.2, -0.15) is 0 Å². The van der Waals surface area contributed by atoms with Crippen LogP contribution in [0.3, 0.4) is 0 Å². The highest BCUT2D eigenvalue weighted by Crippen LogP contribution is 2.43. The van der Waals surface area contributed by atoms with Crippen molar-refractivity contribution in [2.45, 2.75) is 0 Å². The molecule has 0 spiro atoms. The van der Waals surface area contributed by atoms with Gasteiger partial charge in [0.15, 0.2) is 0 Å². The summed E-state index contributed by atoms with van der Waals surface area (Å²) in [7, 11) is 0. The van der Waals surface area contributed by atoms with E-state index in [2.05, 4.69) is 108 Å². The van der Waals surface area contributed by atoms with Crippen molar-refractivity contribution in [3.05, 3.63) is 127 Å². The van der Waals surface area contributed by atoms with Crippen LogP contribution in [0.25, 0.3) is 71.7 Å². The molecule has 0 radical (unpaired) electrons. The zero-order valence-electron chi connectivity index (χ0n) is 22.0. The molecule has 0 atom stereocenters. The lowest BCUT2D eigenvalue weighted by atomic mass is 9.96. The molecule has 0 aliphatic carbocycles. The first kappa shape index (κ1) is 22.3. The maximum Gasteiger partial charge on any atom is 0.230 e. The summed E-state index contributed by atoms with van der Waals surface area (Å²) in [5.74, 6) is 1.61. The van der Waals surface area contributed by atoms with Gasteiger partial charge in [0.25, 0.3) is 0 Å². The van der Waals surface area contributed by atoms with Crippen molar-refractivity contribution >= 4 is 43.7 Å². The Morgan fingerprint density at radius 1 is 0.463 bits per heavy atom. The Balaban J connectivity index is 1.18. The van der Waals surface area contributed by atoms with Gasteiger partial charge in [0, 0.05) is 44.4 Å². The molecule has 1 aliphatic rings. The number of aromatic nitrogens is 1. The number of hydrogen-bond donors (Lipinski definition) is 0. The molecule has 194 valence electrons. The molecule has 9 rings (SSSR count). The van der Waals surface area contributed by atoms with Crippen LogP contribution in [-0.4, -0.2) is 11.4 Å². The van der Waals surface area contributed by atoms with E-state index in [-0.39, 0.29) is 6.79 Å². The van der Waals surface area contributed by atoms with E-state index >= 15 is 0 Å². The first-order chi connectivity index (χ1) is 20.3. The Bertz CT molecular complexity index is 2250. The number of furan rings is 1. The molecule has 0 saturated carbocycles. The lowest BCUT2D eigenvalue weighted by molar-refractivity contribution is 0.125. The fourth-order valence-corrected chi connectivity index (χ4v) is 6.30. The number of ether oxygens (including phenoxy) is 2. The Kier molecular flexibility index (Phi) is 4.64. The maximum absolute atomic E-state index is 6.18. The molecule has 3 heterocycles. The standard InChI is InChI=1S/C37H23NO3/c1-4-10-32-26(7-1)27-8-2-5-11-33(27)38(32)25-15-17-30-31-19-23(14-18-34(31)39-22-40-36(30)21-25)24-13-16-29-28-9-3-6-12-35(28)41-37(29)20-24/h1-21H,22H2. The molecule has 0 saturated heterocycles. The second kappa shape index (κ2) is 8.51. The van der Waals surface area contributed by atoms with Crippen LogP contribution in [0.4, 0.5) is 0 Å². The number of rotatable bonds is 2. The minimum Gasteiger partial charge on any atom is -0.457 e. The summed E-state index contributed by atoms with van der Waals surface area (Å²) in [5, 5.41) is 4.73. The van der Waals surface area contributed by atoms with Gasteiger partial charge >= 0.3 is 0 Å². The average Bonchev–Trinajstić information content (AvgIpc) is 3.50. The predicted molar refractivity (Wildman–Crippen MR) is 165 cm³/mol. The van der Waals surface area contributed by atoms with E-state index in [9.17, 15) is 0 Å². The monoisotopic (exact) mass is 529 g/mol. The van der Waals surface area contributed by atoms with Gasteiger partial charge in [0.1, 0.15) is 22.7 Å². The van der Waals surface area contributed by atoms with Crippen molar-refractivity contribution in [2.75, 3.05) is 6.79 Å². The van der Waals surface area contributed by atoms with Gasteiger partial charge in [-0.1, -0.05) is 66.7 Å². The first-order valence-electron chi connectivity index (χ1n) is 13.8. The van der Waals surface area contributed by atoms with Crippen molar-refractivity contribution in [3.63, 3.8) is 0 Å². The summed E-state index contributed by atoms with van der Waals surface area (Å²) < 4.78 is 20.7. The van der Waals surface area contributed by atoms with Crippen LogP contribution in [0.15, 0.2) is 132 Å². The van der Waals surface area contributed by atoms with Crippen LogP contribution >= 0.6 is 0 Å². The lowest BCUT2D eigenvalue weighted by Gasteiger charge is -2.13. The maximum atomic E-state index is 6.18. The SMILES string of the molecule is c1ccc2c(c1)oc1cc(-c3ccc4c(c3)-c3ccc(-n5c6ccccc6c6ccccc65)cc3OCO4)ccc12. The lowest BCUT2D eigenvalue weighted by Crippen LogP contribution is -2.04. The minimum atomic E-state index is 0.154. The third-order valence-electron chi connectivity index (χ3n) is 8.21. The van der Waals surface area contributed by atoms with Gasteiger partial charge in [-0.25, -0.2) is 0 Å². The van der Waals surface area contributed by atoms with Crippen molar-refractivity contribution in [3.8, 4) is 39.4 Å². The Hall–Kier alpha value is -5.48. The zero-order valence-corrected chi connectivity index (χ0v) is 22.0. The third kappa shape index (κ3) is 3.34. The van der Waals surface area contributed by atoms with Gasteiger partial charge in [-0.15, -0.1) is 0 Å². The molecule has 0 unspecified atom stereocenters. The van der Waals surface area contributed by atoms with E-state index in [0.717, 1.165) is 61.4 Å². The molecule has 0 fully saturated rings. The molecule has 4 nitrogen and oxygen atoms in total. The topological polar surface area (TPSA) is 36.5 Å². The van der Waals surface area contributed by atoms with E-state index in [1.165, 1.54) is 21.8 Å². The highest BCUT2D eigenvalue weighted by molar-refractivity contribution is 6.09. The van der Waals surface area contributed by atoms with Crippen LogP contribution in [-0.2, 0) is 0 Å². The molecule has 41 heavy (non-hydrogen) atoms. The third-order valence-corrected chi connectivity index (χ3v) is 8.21. The zero-order chi connectivity index (χ0) is 26.9. The second-order valence-electron chi connectivity index (χ2n) is 10.5. The smallest absolute Gasteiger partial charge is 0.230 e. The predicted octanol–water partition coefficient (Wildman–Crippen LogP) is 9.75. The highest BCUT2D eigenvalue weighted by atomic mass is 16.7. The summed E-state index contributed by atoms with van der Waals surface area (Å²) >= 11 is 0. The molecular formula is C37H23NO3. The Morgan fingerprint density at radius 2 is 1.12 bits per heavy atom. The first-order valence-corrected chi connectivity index (χ1v) is 13.8. The average molecular weight is 530 g/mol. The molecule has 0 N–H and O–H groups in total. The van der Waals surface area contributed by atoms with Crippen molar-refractivity contribution in [1.29, 1.82) is 0 Å². The number of fused-ring (bicyclic) bond motifs is 9. The highest BCUT2D eigenvalue weighted by Gasteiger charge is 2.20. The number of para-hydroxylation sites is 3. The van der Waals surface area contributed by atoms with E-state index in [1.807, 2.05) is 24.3 Å². The molecule has 0 amide bonds. The molecule has 1 aliphatic heterocycles. The normalized spacial score (nSPS) is 12.7. The van der Waals surface area contributed by atoms with Crippen LogP contribution in [0.5, 0.6) is 11.5 Å². The van der Waals surface area contributed by atoms with E-state index < -0.39 is 0 Å². The molecule has 8 aromatic rings. The summed E-state index contributed by atoms with van der Waals surface area (Å²) in [4.78, 5) is 0. The number of hydrogen-bond acceptors (Lipinski definition) is 3. The minimum absolute atomic E-state index is 0.154. The second-order valence-corrected chi connectivity index (χ2v) is 10.5. The summed E-state index contributed by atoms with van der Waals surface area (Å²) in [5.41, 5.74) is 9.37. The van der Waals surface area contributed by atoms with Gasteiger partial charge in [-0.05, 0) is 65.7 Å². The van der Waals surface area contributed by atoms with Crippen LogP contribution < -0.4 is 9.47 Å². The van der Waals surface area contributed by atoms with Crippen molar-refractivity contribution < 1.29 is 13.9 Å². The van der Waals surface area contributed by atoms with Crippen LogP contribution in [0.2, 0.25) is 0 Å². The Labute approximate surface area is 235 Å². The quantitative estimate of drug-likeness (QED) is 0.224. The van der Waals surface area contributed by atoms with Gasteiger partial charge < -0.3 is 18.5 Å². The molecule has 2 aromatic heterocycles. The van der Waals surface area contributed by atoms with Crippen molar-refractivity contribution in [1.82, 2.24) is 4.57 Å². The van der Waals surface area contributed by atoms with Crippen molar-refractivity contribution in [2.24, 2.45) is 0 Å². The fraction of sp³-hybridized carbons (Fsp3) is 0.0270. The number of nitrogens with zero attached hydrogens (tertiary/aromatic N) is 1. The number of benzene rings is 6. The summed E-state index contributed by atoms with van der Waals surface area (Å²) in [6, 6.07) is 44.4. The van der Waals surface area contributed by atoms with Gasteiger partial charge in [0.05, 0.1) is 11.0 Å². The fourth-order valence-electron chi connectivity index (χ4n) is 6.30. The van der Waals surface area contributed by atoms with Crippen LogP contribution in [0, 0.1) is 0 Å². The largest absolute Gasteiger partial charge is 0.457 e. The van der Waals surface area contributed by atoms with Gasteiger partial charge in [-0.3, -0.25) is 0 Å².